The molecule has 0 unspecified atom stereocenters. The second-order valence-corrected chi connectivity index (χ2v) is 8.46. The van der Waals surface area contributed by atoms with Gasteiger partial charge in [-0.15, -0.1) is 12.1 Å². The molecule has 0 aliphatic carbocycles. The first-order valence-electron chi connectivity index (χ1n) is 10.7. The van der Waals surface area contributed by atoms with E-state index >= 15 is 0 Å². The van der Waals surface area contributed by atoms with Gasteiger partial charge in [0.25, 0.3) is 0 Å². The minimum Gasteiger partial charge on any atom is -0.305 e. The van der Waals surface area contributed by atoms with E-state index in [9.17, 15) is 8.78 Å². The molecule has 0 bridgehead atoms. The van der Waals surface area contributed by atoms with Crippen LogP contribution < -0.4 is 10.6 Å². The first kappa shape index (κ1) is 28.7. The van der Waals surface area contributed by atoms with Crippen LogP contribution >= 0.6 is 8.58 Å². The van der Waals surface area contributed by atoms with Gasteiger partial charge in [-0.3, -0.25) is 8.78 Å². The monoisotopic (exact) mass is 672 g/mol. The molecule has 1 radical (unpaired) electrons. The number of rotatable bonds is 3. The number of aromatic nitrogens is 1. The molecule has 1 aromatic heterocycles. The Kier molecular flexibility index (Phi) is 12.9. The summed E-state index contributed by atoms with van der Waals surface area (Å²) in [7, 11) is 0.777. The maximum Gasteiger partial charge on any atom is 0.187 e. The second-order valence-electron chi connectivity index (χ2n) is 7.06. The molecular formula is C30H22F2IrN2P-. The fourth-order valence-corrected chi connectivity index (χ4v) is 3.92. The molecule has 0 aliphatic rings. The summed E-state index contributed by atoms with van der Waals surface area (Å²) in [6.07, 6.45) is 1.55. The van der Waals surface area contributed by atoms with Gasteiger partial charge in [0.2, 0.25) is 0 Å². The van der Waals surface area contributed by atoms with Crippen LogP contribution in [0.5, 0.6) is 0 Å². The van der Waals surface area contributed by atoms with E-state index in [4.69, 9.17) is 6.57 Å². The Hall–Kier alpha value is -3.54. The molecule has 5 aromatic rings. The van der Waals surface area contributed by atoms with Crippen LogP contribution in [0.2, 0.25) is 0 Å². The van der Waals surface area contributed by atoms with Gasteiger partial charge in [-0.1, -0.05) is 123 Å². The van der Waals surface area contributed by atoms with E-state index in [1.165, 1.54) is 10.6 Å². The Labute approximate surface area is 226 Å². The molecule has 0 fully saturated rings. The minimum absolute atomic E-state index is 0. The third kappa shape index (κ3) is 9.98. The number of hydrogen-bond acceptors (Lipinski definition) is 1. The Morgan fingerprint density at radius 2 is 1.25 bits per heavy atom. The van der Waals surface area contributed by atoms with Gasteiger partial charge in [0, 0.05) is 37.9 Å². The largest absolute Gasteiger partial charge is 0.305 e. The van der Waals surface area contributed by atoms with Gasteiger partial charge in [-0.25, -0.2) is 4.85 Å². The zero-order valence-electron chi connectivity index (χ0n) is 19.1. The molecule has 1 heterocycles. The Bertz CT molecular complexity index is 1290. The molecule has 0 saturated carbocycles. The average molecular weight is 672 g/mol. The molecular weight excluding hydrogens is 650 g/mol. The maximum atomic E-state index is 13.2. The summed E-state index contributed by atoms with van der Waals surface area (Å²) in [5.74, 6) is -1.29. The number of pyridine rings is 1. The zero-order valence-corrected chi connectivity index (χ0v) is 22.5. The van der Waals surface area contributed by atoms with Crippen molar-refractivity contribution in [2.45, 2.75) is 0 Å². The molecule has 6 heteroatoms. The van der Waals surface area contributed by atoms with Crippen LogP contribution in [-0.4, -0.2) is 4.98 Å². The molecule has 0 aliphatic heterocycles. The van der Waals surface area contributed by atoms with Crippen molar-refractivity contribution < 1.29 is 28.9 Å². The fraction of sp³-hybridized carbons (Fsp3) is 0. The predicted molar refractivity (Wildman–Crippen MR) is 142 cm³/mol. The first-order valence-corrected chi connectivity index (χ1v) is 11.7. The van der Waals surface area contributed by atoms with E-state index in [2.05, 4.69) is 76.6 Å². The van der Waals surface area contributed by atoms with Gasteiger partial charge >= 0.3 is 0 Å². The number of halogens is 2. The number of hydrogen-bond donors (Lipinski definition) is 0. The third-order valence-electron chi connectivity index (χ3n) is 4.50. The molecule has 0 amide bonds. The summed E-state index contributed by atoms with van der Waals surface area (Å²) in [5.41, 5.74) is 1.34. The van der Waals surface area contributed by atoms with Gasteiger partial charge in [-0.2, -0.15) is 0 Å². The van der Waals surface area contributed by atoms with Crippen LogP contribution in [0.15, 0.2) is 128 Å². The van der Waals surface area contributed by atoms with Gasteiger partial charge in [0.1, 0.15) is 0 Å². The zero-order chi connectivity index (χ0) is 24.7. The number of nitrogens with zero attached hydrogens (tertiary/aromatic N) is 2. The smallest absolute Gasteiger partial charge is 0.187 e. The molecule has 2 nitrogen and oxygen atoms in total. The van der Waals surface area contributed by atoms with Gasteiger partial charge in [0.05, 0.1) is 6.57 Å². The van der Waals surface area contributed by atoms with Crippen molar-refractivity contribution in [1.82, 2.24) is 4.98 Å². The van der Waals surface area contributed by atoms with Crippen molar-refractivity contribution in [3.8, 4) is 11.3 Å². The van der Waals surface area contributed by atoms with E-state index in [-0.39, 0.29) is 25.7 Å². The van der Waals surface area contributed by atoms with E-state index in [1.54, 1.807) is 36.5 Å². The predicted octanol–water partition coefficient (Wildman–Crippen LogP) is 7.38. The normalized spacial score (nSPS) is 9.25. The van der Waals surface area contributed by atoms with Crippen LogP contribution in [-0.2, 0) is 20.1 Å². The van der Waals surface area contributed by atoms with Crippen molar-refractivity contribution >= 4 is 24.9 Å². The Balaban J connectivity index is 0.000000194. The molecule has 181 valence electrons. The molecule has 0 saturated heterocycles. The second kappa shape index (κ2) is 16.2. The van der Waals surface area contributed by atoms with E-state index in [0.717, 1.165) is 20.7 Å². The summed E-state index contributed by atoms with van der Waals surface area (Å²) < 4.78 is 25.8. The van der Waals surface area contributed by atoms with Crippen molar-refractivity contribution in [2.24, 2.45) is 0 Å². The van der Waals surface area contributed by atoms with Crippen LogP contribution in [0.25, 0.3) is 16.1 Å². The van der Waals surface area contributed by atoms with Crippen LogP contribution in [0.4, 0.5) is 14.5 Å². The van der Waals surface area contributed by atoms with Crippen LogP contribution in [0.3, 0.4) is 0 Å². The van der Waals surface area contributed by atoms with Gasteiger partial charge in [0.15, 0.2) is 5.69 Å². The summed E-state index contributed by atoms with van der Waals surface area (Å²) in [4.78, 5) is 7.17. The van der Waals surface area contributed by atoms with Crippen LogP contribution in [0, 0.1) is 24.3 Å². The topological polar surface area (TPSA) is 17.2 Å². The van der Waals surface area contributed by atoms with Gasteiger partial charge in [-0.05, 0) is 22.4 Å². The third-order valence-corrected chi connectivity index (χ3v) is 5.74. The summed E-state index contributed by atoms with van der Waals surface area (Å²) in [6, 6.07) is 39.9. The van der Waals surface area contributed by atoms with Crippen molar-refractivity contribution in [2.75, 3.05) is 0 Å². The van der Waals surface area contributed by atoms with E-state index in [0.29, 0.717) is 11.4 Å². The number of para-hydroxylation sites is 1. The maximum absolute atomic E-state index is 13.2. The van der Waals surface area contributed by atoms with E-state index in [1.807, 2.05) is 18.2 Å². The fourth-order valence-electron chi connectivity index (χ4n) is 2.86. The first-order chi connectivity index (χ1) is 17.2. The molecule has 36 heavy (non-hydrogen) atoms. The van der Waals surface area contributed by atoms with Gasteiger partial charge < -0.3 is 4.98 Å². The molecule has 0 spiro atoms. The standard InChI is InChI=1S/C12H11P.C11H6F2N.C7H5N.Ir/c1-3-7-11(8-4-1)13-12-9-5-2-6-10-12;12-8-4-5-9(10(13)7-8)11-3-1-2-6-14-11;1-8-7-5-3-2-4-6-7;/h1-10,13H;1-4,6-7H;2-6H;/q;-1;;. The summed E-state index contributed by atoms with van der Waals surface area (Å²) in [5, 5.41) is 2.79. The van der Waals surface area contributed by atoms with Crippen molar-refractivity contribution in [3.63, 3.8) is 0 Å². The van der Waals surface area contributed by atoms with E-state index < -0.39 is 11.6 Å². The summed E-state index contributed by atoms with van der Waals surface area (Å²) in [6.45, 7) is 6.57. The minimum atomic E-state index is -0.649. The molecule has 5 rings (SSSR count). The van der Waals surface area contributed by atoms with Crippen LogP contribution in [0.1, 0.15) is 0 Å². The average Bonchev–Trinajstić information content (AvgIpc) is 2.92. The number of benzene rings is 4. The Morgan fingerprint density at radius 1 is 0.722 bits per heavy atom. The Morgan fingerprint density at radius 3 is 1.69 bits per heavy atom. The molecule has 4 aromatic carbocycles. The SMILES string of the molecule is Fc1c[c-]c(-c2ccccn2)c(F)c1.[C-]#[N+]c1ccccc1.[Ir].c1ccc(Pc2ccccc2)cc1. The van der Waals surface area contributed by atoms with Crippen molar-refractivity contribution in [3.05, 3.63) is 157 Å². The molecule has 0 N–H and O–H groups in total. The van der Waals surface area contributed by atoms with Crippen molar-refractivity contribution in [1.29, 1.82) is 0 Å². The molecule has 0 atom stereocenters. The quantitative estimate of drug-likeness (QED) is 0.145. The summed E-state index contributed by atoms with van der Waals surface area (Å²) >= 11 is 0.